The summed E-state index contributed by atoms with van der Waals surface area (Å²) >= 11 is 0. The lowest BCUT2D eigenvalue weighted by Gasteiger charge is -2.25. The van der Waals surface area contributed by atoms with Crippen LogP contribution in [0.25, 0.3) is 0 Å². The summed E-state index contributed by atoms with van der Waals surface area (Å²) in [5.74, 6) is 1.67. The van der Waals surface area contributed by atoms with Crippen LogP contribution in [0.3, 0.4) is 0 Å². The van der Waals surface area contributed by atoms with Crippen LogP contribution < -0.4 is 4.74 Å². The molecule has 0 fully saturated rings. The summed E-state index contributed by atoms with van der Waals surface area (Å²) in [5, 5.41) is 0. The van der Waals surface area contributed by atoms with Crippen LogP contribution in [-0.2, 0) is 22.4 Å². The number of hydrogen-bond acceptors (Lipinski definition) is 5. The molecule has 0 saturated carbocycles. The van der Waals surface area contributed by atoms with Crippen LogP contribution in [-0.4, -0.2) is 21.6 Å². The molecule has 1 atom stereocenters. The predicted molar refractivity (Wildman–Crippen MR) is 87.2 cm³/mol. The van der Waals surface area contributed by atoms with E-state index < -0.39 is 5.60 Å². The van der Waals surface area contributed by atoms with Gasteiger partial charge in [-0.25, -0.2) is 9.97 Å². The third kappa shape index (κ3) is 3.34. The maximum absolute atomic E-state index is 6.02. The first kappa shape index (κ1) is 15.9. The lowest BCUT2D eigenvalue weighted by atomic mass is 9.93. The second kappa shape index (κ2) is 5.89. The predicted octanol–water partition coefficient (Wildman–Crippen LogP) is 3.38. The summed E-state index contributed by atoms with van der Waals surface area (Å²) in [6.07, 6.45) is 6.09. The van der Waals surface area contributed by atoms with Gasteiger partial charge in [0.1, 0.15) is 17.2 Å². The highest BCUT2D eigenvalue weighted by atomic mass is 16.5. The van der Waals surface area contributed by atoms with Crippen LogP contribution in [0.1, 0.15) is 51.2 Å². The number of rotatable bonds is 4. The van der Waals surface area contributed by atoms with Crippen molar-refractivity contribution in [3.05, 3.63) is 47.8 Å². The minimum atomic E-state index is -0.425. The highest BCUT2D eigenvalue weighted by Gasteiger charge is 2.38. The normalized spacial score (nSPS) is 20.3. The van der Waals surface area contributed by atoms with Crippen molar-refractivity contribution in [3.63, 3.8) is 0 Å². The molecule has 3 rings (SSSR count). The molecule has 0 radical (unpaired) electrons. The summed E-state index contributed by atoms with van der Waals surface area (Å²) in [6.45, 7) is 9.56. The minimum Gasteiger partial charge on any atom is -0.493 e. The number of nitrogens with zero attached hydrogens (tertiary/aromatic N) is 3. The molecule has 0 amide bonds. The van der Waals surface area contributed by atoms with Crippen LogP contribution in [0.15, 0.2) is 30.7 Å². The fourth-order valence-corrected chi connectivity index (χ4v) is 2.63. The van der Waals surface area contributed by atoms with Gasteiger partial charge in [0.25, 0.3) is 0 Å². The third-order valence-electron chi connectivity index (χ3n) is 4.08. The van der Waals surface area contributed by atoms with E-state index in [1.807, 2.05) is 18.3 Å². The van der Waals surface area contributed by atoms with E-state index in [2.05, 4.69) is 37.7 Å². The van der Waals surface area contributed by atoms with Gasteiger partial charge in [0.05, 0.1) is 18.9 Å². The number of fused-ring (bicyclic) bond motifs is 1. The van der Waals surface area contributed by atoms with Gasteiger partial charge in [0.2, 0.25) is 0 Å². The van der Waals surface area contributed by atoms with E-state index in [4.69, 9.17) is 14.5 Å². The molecular formula is C18H23N3O2. The van der Waals surface area contributed by atoms with Gasteiger partial charge in [-0.2, -0.15) is 0 Å². The largest absolute Gasteiger partial charge is 0.493 e. The van der Waals surface area contributed by atoms with Crippen molar-refractivity contribution >= 4 is 0 Å². The number of pyridine rings is 1. The lowest BCUT2D eigenvalue weighted by molar-refractivity contribution is -0.0393. The second-order valence-corrected chi connectivity index (χ2v) is 7.12. The van der Waals surface area contributed by atoms with E-state index in [0.29, 0.717) is 13.2 Å². The van der Waals surface area contributed by atoms with Crippen LogP contribution in [0, 0.1) is 0 Å². The molecule has 5 heteroatoms. The standard InChI is InChI=1S/C18H23N3O2/c1-17(2,3)16-20-11-13-12-23-18(4,15(13)21-16)7-10-22-14-5-8-19-9-6-14/h5-6,8-9,11H,7,10,12H2,1-4H3. The van der Waals surface area contributed by atoms with Crippen molar-refractivity contribution in [1.82, 2.24) is 15.0 Å². The van der Waals surface area contributed by atoms with E-state index in [1.54, 1.807) is 12.4 Å². The molecule has 0 aromatic carbocycles. The van der Waals surface area contributed by atoms with Gasteiger partial charge in [-0.1, -0.05) is 20.8 Å². The Hall–Kier alpha value is -2.01. The minimum absolute atomic E-state index is 0.0773. The monoisotopic (exact) mass is 313 g/mol. The molecule has 2 aromatic rings. The Labute approximate surface area is 137 Å². The zero-order chi connectivity index (χ0) is 16.5. The Morgan fingerprint density at radius 3 is 2.70 bits per heavy atom. The number of ether oxygens (including phenoxy) is 2. The van der Waals surface area contributed by atoms with Gasteiger partial charge in [0, 0.05) is 36.0 Å². The van der Waals surface area contributed by atoms with Gasteiger partial charge < -0.3 is 9.47 Å². The molecule has 122 valence electrons. The molecule has 3 heterocycles. The molecule has 0 aliphatic carbocycles. The molecule has 0 N–H and O–H groups in total. The average molecular weight is 313 g/mol. The molecular weight excluding hydrogens is 290 g/mol. The third-order valence-corrected chi connectivity index (χ3v) is 4.08. The maximum atomic E-state index is 6.02. The Balaban J connectivity index is 1.74. The molecule has 1 aliphatic rings. The average Bonchev–Trinajstić information content (AvgIpc) is 2.85. The van der Waals surface area contributed by atoms with Gasteiger partial charge in [0.15, 0.2) is 0 Å². The first-order valence-corrected chi connectivity index (χ1v) is 7.92. The molecule has 1 aliphatic heterocycles. The number of aromatic nitrogens is 3. The molecule has 0 spiro atoms. The van der Waals surface area contributed by atoms with E-state index in [0.717, 1.165) is 29.3 Å². The summed E-state index contributed by atoms with van der Waals surface area (Å²) in [6, 6.07) is 3.71. The zero-order valence-corrected chi connectivity index (χ0v) is 14.2. The van der Waals surface area contributed by atoms with Crippen molar-refractivity contribution < 1.29 is 9.47 Å². The van der Waals surface area contributed by atoms with Crippen molar-refractivity contribution in [1.29, 1.82) is 0 Å². The molecule has 0 saturated heterocycles. The van der Waals surface area contributed by atoms with Gasteiger partial charge in [-0.15, -0.1) is 0 Å². The first-order chi connectivity index (χ1) is 10.9. The molecule has 5 nitrogen and oxygen atoms in total. The van der Waals surface area contributed by atoms with Gasteiger partial charge >= 0.3 is 0 Å². The number of hydrogen-bond donors (Lipinski definition) is 0. The van der Waals surface area contributed by atoms with Crippen molar-refractivity contribution in [2.75, 3.05) is 6.61 Å². The van der Waals surface area contributed by atoms with Crippen LogP contribution in [0.5, 0.6) is 5.75 Å². The van der Waals surface area contributed by atoms with Crippen LogP contribution >= 0.6 is 0 Å². The van der Waals surface area contributed by atoms with Crippen LogP contribution in [0.2, 0.25) is 0 Å². The highest BCUT2D eigenvalue weighted by Crippen LogP contribution is 2.38. The van der Waals surface area contributed by atoms with E-state index in [-0.39, 0.29) is 5.41 Å². The molecule has 2 aromatic heterocycles. The Bertz CT molecular complexity index is 682. The summed E-state index contributed by atoms with van der Waals surface area (Å²) in [4.78, 5) is 13.3. The van der Waals surface area contributed by atoms with Gasteiger partial charge in [-0.05, 0) is 19.1 Å². The SMILES string of the molecule is CC(C)(C)c1ncc2c(n1)C(C)(CCOc1ccncc1)OC2. The Morgan fingerprint density at radius 1 is 1.26 bits per heavy atom. The van der Waals surface area contributed by atoms with Crippen molar-refractivity contribution in [2.45, 2.75) is 51.7 Å². The molecule has 0 bridgehead atoms. The van der Waals surface area contributed by atoms with Crippen LogP contribution in [0.4, 0.5) is 0 Å². The highest BCUT2D eigenvalue weighted by molar-refractivity contribution is 5.28. The summed E-state index contributed by atoms with van der Waals surface area (Å²) in [5.41, 5.74) is 1.57. The van der Waals surface area contributed by atoms with E-state index in [1.165, 1.54) is 0 Å². The molecule has 1 unspecified atom stereocenters. The fourth-order valence-electron chi connectivity index (χ4n) is 2.63. The second-order valence-electron chi connectivity index (χ2n) is 7.12. The van der Waals surface area contributed by atoms with Crippen molar-refractivity contribution in [2.24, 2.45) is 0 Å². The summed E-state index contributed by atoms with van der Waals surface area (Å²) < 4.78 is 11.8. The van der Waals surface area contributed by atoms with Crippen molar-refractivity contribution in [3.8, 4) is 5.75 Å². The first-order valence-electron chi connectivity index (χ1n) is 7.92. The Kier molecular flexibility index (Phi) is 4.06. The Morgan fingerprint density at radius 2 is 2.00 bits per heavy atom. The lowest BCUT2D eigenvalue weighted by Crippen LogP contribution is -2.27. The van der Waals surface area contributed by atoms with E-state index in [9.17, 15) is 0 Å². The van der Waals surface area contributed by atoms with E-state index >= 15 is 0 Å². The van der Waals surface area contributed by atoms with Gasteiger partial charge in [-0.3, -0.25) is 4.98 Å². The maximum Gasteiger partial charge on any atom is 0.133 e. The molecule has 23 heavy (non-hydrogen) atoms. The topological polar surface area (TPSA) is 57.1 Å². The zero-order valence-electron chi connectivity index (χ0n) is 14.2. The fraction of sp³-hybridized carbons (Fsp3) is 0.500. The quantitative estimate of drug-likeness (QED) is 0.866. The smallest absolute Gasteiger partial charge is 0.133 e. The summed E-state index contributed by atoms with van der Waals surface area (Å²) in [7, 11) is 0.